The van der Waals surface area contributed by atoms with E-state index in [2.05, 4.69) is 11.4 Å². The third kappa shape index (κ3) is 1.97. The van der Waals surface area contributed by atoms with Crippen LogP contribution in [0.2, 0.25) is 0 Å². The Morgan fingerprint density at radius 2 is 1.77 bits per heavy atom. The zero-order valence-corrected chi connectivity index (χ0v) is 12.8. The molecule has 1 aliphatic rings. The highest BCUT2D eigenvalue weighted by Gasteiger charge is 2.23. The molecule has 5 heteroatoms. The summed E-state index contributed by atoms with van der Waals surface area (Å²) in [7, 11) is -3.56. The zero-order valence-electron chi connectivity index (χ0n) is 12.0. The van der Waals surface area contributed by atoms with Gasteiger partial charge in [-0.25, -0.2) is 12.4 Å². The largest absolute Gasteiger partial charge is 0.312 e. The van der Waals surface area contributed by atoms with Crippen molar-refractivity contribution in [3.8, 4) is 0 Å². The monoisotopic (exact) mass is 312 g/mol. The van der Waals surface area contributed by atoms with Gasteiger partial charge in [0.1, 0.15) is 0 Å². The molecule has 4 rings (SSSR count). The van der Waals surface area contributed by atoms with Crippen LogP contribution in [0.1, 0.15) is 11.1 Å². The molecule has 3 aromatic rings. The minimum absolute atomic E-state index is 0.319. The summed E-state index contributed by atoms with van der Waals surface area (Å²) in [6.07, 6.45) is 2.62. The Morgan fingerprint density at radius 1 is 0.955 bits per heavy atom. The number of nitrogens with zero attached hydrogens (tertiary/aromatic N) is 1. The van der Waals surface area contributed by atoms with Crippen LogP contribution in [0.4, 0.5) is 0 Å². The number of hydrogen-bond donors (Lipinski definition) is 1. The Bertz CT molecular complexity index is 943. The fourth-order valence-corrected chi connectivity index (χ4v) is 4.51. The smallest absolute Gasteiger partial charge is 0.268 e. The molecule has 112 valence electrons. The highest BCUT2D eigenvalue weighted by atomic mass is 32.2. The first-order valence-electron chi connectivity index (χ1n) is 7.31. The van der Waals surface area contributed by atoms with Crippen molar-refractivity contribution in [1.82, 2.24) is 9.29 Å². The summed E-state index contributed by atoms with van der Waals surface area (Å²) in [5.41, 5.74) is 3.02. The van der Waals surface area contributed by atoms with Crippen LogP contribution >= 0.6 is 0 Å². The van der Waals surface area contributed by atoms with E-state index >= 15 is 0 Å². The summed E-state index contributed by atoms with van der Waals surface area (Å²) in [5.74, 6) is 0. The standard InChI is InChI=1S/C17H16N2O2S/c20-22(21,15-6-2-1-3-7-15)19-12-14-9-10-18-11-13-5-4-8-16(19)17(13)14/h1-8,12,18H,9-11H2. The SMILES string of the molecule is O=S(=O)(c1ccccc1)n1cc2c3c(cccc31)CNCC2. The number of benzene rings is 2. The topological polar surface area (TPSA) is 51.1 Å². The van der Waals surface area contributed by atoms with Crippen molar-refractivity contribution in [2.24, 2.45) is 0 Å². The molecule has 2 heterocycles. The third-order valence-electron chi connectivity index (χ3n) is 4.15. The fourth-order valence-electron chi connectivity index (χ4n) is 3.10. The summed E-state index contributed by atoms with van der Waals surface area (Å²) in [6, 6.07) is 14.5. The summed E-state index contributed by atoms with van der Waals surface area (Å²) < 4.78 is 27.3. The number of nitrogens with one attached hydrogen (secondary N) is 1. The van der Waals surface area contributed by atoms with Crippen molar-refractivity contribution < 1.29 is 8.42 Å². The molecule has 0 saturated carbocycles. The minimum Gasteiger partial charge on any atom is -0.312 e. The molecule has 1 N–H and O–H groups in total. The van der Waals surface area contributed by atoms with Gasteiger partial charge in [0.25, 0.3) is 10.0 Å². The lowest BCUT2D eigenvalue weighted by molar-refractivity contribution is 0.589. The van der Waals surface area contributed by atoms with Crippen molar-refractivity contribution >= 4 is 20.9 Å². The lowest BCUT2D eigenvalue weighted by atomic mass is 10.1. The van der Waals surface area contributed by atoms with Crippen LogP contribution in [0.5, 0.6) is 0 Å². The molecule has 0 unspecified atom stereocenters. The minimum atomic E-state index is -3.56. The third-order valence-corrected chi connectivity index (χ3v) is 5.83. The molecule has 22 heavy (non-hydrogen) atoms. The van der Waals surface area contributed by atoms with E-state index in [9.17, 15) is 8.42 Å². The zero-order chi connectivity index (χ0) is 15.2. The van der Waals surface area contributed by atoms with Gasteiger partial charge in [-0.2, -0.15) is 0 Å². The van der Waals surface area contributed by atoms with Crippen molar-refractivity contribution in [3.63, 3.8) is 0 Å². The van der Waals surface area contributed by atoms with Crippen LogP contribution in [0, 0.1) is 0 Å². The summed E-state index contributed by atoms with van der Waals surface area (Å²) in [4.78, 5) is 0.319. The van der Waals surface area contributed by atoms with E-state index in [4.69, 9.17) is 0 Å². The first-order chi connectivity index (χ1) is 10.7. The molecule has 1 aliphatic heterocycles. The lowest BCUT2D eigenvalue weighted by Gasteiger charge is -2.08. The second kappa shape index (κ2) is 4.97. The molecular weight excluding hydrogens is 296 g/mol. The van der Waals surface area contributed by atoms with Crippen molar-refractivity contribution in [3.05, 3.63) is 65.9 Å². The average molecular weight is 312 g/mol. The Balaban J connectivity index is 2.01. The maximum absolute atomic E-state index is 12.9. The van der Waals surface area contributed by atoms with E-state index in [-0.39, 0.29) is 0 Å². The van der Waals surface area contributed by atoms with Gasteiger partial charge in [0.05, 0.1) is 10.4 Å². The predicted molar refractivity (Wildman–Crippen MR) is 86.4 cm³/mol. The molecule has 2 aromatic carbocycles. The van der Waals surface area contributed by atoms with Gasteiger partial charge in [0.15, 0.2) is 0 Å². The van der Waals surface area contributed by atoms with E-state index in [1.807, 2.05) is 18.2 Å². The highest BCUT2D eigenvalue weighted by molar-refractivity contribution is 7.90. The van der Waals surface area contributed by atoms with Crippen molar-refractivity contribution in [2.75, 3.05) is 6.54 Å². The Morgan fingerprint density at radius 3 is 2.59 bits per heavy atom. The maximum Gasteiger partial charge on any atom is 0.268 e. The molecule has 0 fully saturated rings. The molecule has 0 atom stereocenters. The van der Waals surface area contributed by atoms with Crippen LogP contribution in [-0.2, 0) is 23.0 Å². The summed E-state index contributed by atoms with van der Waals surface area (Å²) in [6.45, 7) is 1.64. The number of aromatic nitrogens is 1. The van der Waals surface area contributed by atoms with Crippen LogP contribution in [0.25, 0.3) is 10.9 Å². The lowest BCUT2D eigenvalue weighted by Crippen LogP contribution is -2.15. The molecule has 0 spiro atoms. The van der Waals surface area contributed by atoms with Crippen LogP contribution < -0.4 is 5.32 Å². The molecule has 0 saturated heterocycles. The van der Waals surface area contributed by atoms with E-state index in [1.165, 1.54) is 3.97 Å². The molecule has 0 bridgehead atoms. The molecule has 1 aromatic heterocycles. The predicted octanol–water partition coefficient (Wildman–Crippen LogP) is 2.52. The maximum atomic E-state index is 12.9. The van der Waals surface area contributed by atoms with Gasteiger partial charge in [0, 0.05) is 18.1 Å². The quantitative estimate of drug-likeness (QED) is 0.791. The van der Waals surface area contributed by atoms with E-state index in [1.54, 1.807) is 30.5 Å². The second-order valence-electron chi connectivity index (χ2n) is 5.51. The molecule has 0 amide bonds. The van der Waals surface area contributed by atoms with Crippen molar-refractivity contribution in [2.45, 2.75) is 17.9 Å². The number of hydrogen-bond acceptors (Lipinski definition) is 3. The van der Waals surface area contributed by atoms with Crippen LogP contribution in [0.15, 0.2) is 59.6 Å². The fraction of sp³-hybridized carbons (Fsp3) is 0.176. The molecule has 0 radical (unpaired) electrons. The van der Waals surface area contributed by atoms with Crippen molar-refractivity contribution in [1.29, 1.82) is 0 Å². The van der Waals surface area contributed by atoms with Gasteiger partial charge >= 0.3 is 0 Å². The van der Waals surface area contributed by atoms with Gasteiger partial charge < -0.3 is 5.32 Å². The van der Waals surface area contributed by atoms with Gasteiger partial charge in [-0.1, -0.05) is 30.3 Å². The number of rotatable bonds is 2. The molecular formula is C17H16N2O2S. The molecule has 0 aliphatic carbocycles. The Labute approximate surface area is 129 Å². The highest BCUT2D eigenvalue weighted by Crippen LogP contribution is 2.30. The average Bonchev–Trinajstić information content (AvgIpc) is 2.80. The second-order valence-corrected chi connectivity index (χ2v) is 7.32. The van der Waals surface area contributed by atoms with Crippen LogP contribution in [-0.4, -0.2) is 18.9 Å². The van der Waals surface area contributed by atoms with Gasteiger partial charge in [-0.05, 0) is 42.3 Å². The first kappa shape index (κ1) is 13.5. The summed E-state index contributed by atoms with van der Waals surface area (Å²) >= 11 is 0. The first-order valence-corrected chi connectivity index (χ1v) is 8.75. The Hall–Kier alpha value is -2.11. The molecule has 4 nitrogen and oxygen atoms in total. The normalized spacial score (nSPS) is 14.9. The van der Waals surface area contributed by atoms with E-state index in [0.29, 0.717) is 4.90 Å². The van der Waals surface area contributed by atoms with Gasteiger partial charge in [-0.15, -0.1) is 0 Å². The van der Waals surface area contributed by atoms with E-state index < -0.39 is 10.0 Å². The van der Waals surface area contributed by atoms with Crippen LogP contribution in [0.3, 0.4) is 0 Å². The van der Waals surface area contributed by atoms with Gasteiger partial charge in [0.2, 0.25) is 0 Å². The summed E-state index contributed by atoms with van der Waals surface area (Å²) in [5, 5.41) is 4.45. The van der Waals surface area contributed by atoms with Gasteiger partial charge in [-0.3, -0.25) is 0 Å². The Kier molecular flexibility index (Phi) is 3.06. The van der Waals surface area contributed by atoms with E-state index in [0.717, 1.165) is 41.5 Å².